The average molecular weight is 140 g/mol. The monoisotopic (exact) mass is 140 g/mol. The summed E-state index contributed by atoms with van der Waals surface area (Å²) in [5, 5.41) is 6.44. The molecular weight excluding hydrogens is 132 g/mol. The molecule has 1 aromatic rings. The number of nitrogens with one attached hydrogen (secondary N) is 1. The zero-order valence-electron chi connectivity index (χ0n) is 5.63. The van der Waals surface area contributed by atoms with Crippen LogP contribution in [0, 0.1) is 0 Å². The van der Waals surface area contributed by atoms with E-state index < -0.39 is 0 Å². The molecule has 0 atom stereocenters. The van der Waals surface area contributed by atoms with Crippen LogP contribution in [-0.4, -0.2) is 16.7 Å². The summed E-state index contributed by atoms with van der Waals surface area (Å²) in [5.74, 6) is 0.512. The number of hydrogen-bond acceptors (Lipinski definition) is 3. The van der Waals surface area contributed by atoms with Crippen LogP contribution in [0.4, 0.5) is 0 Å². The Morgan fingerprint density at radius 3 is 3.30 bits per heavy atom. The number of aryl methyl sites for hydroxylation is 1. The normalized spacial score (nSPS) is 9.30. The summed E-state index contributed by atoms with van der Waals surface area (Å²) < 4.78 is 4.59. The van der Waals surface area contributed by atoms with Crippen molar-refractivity contribution in [3.63, 3.8) is 0 Å². The molecule has 0 amide bonds. The molecule has 0 unspecified atom stereocenters. The van der Waals surface area contributed by atoms with Gasteiger partial charge >= 0.3 is 0 Å². The van der Waals surface area contributed by atoms with Crippen molar-refractivity contribution in [3.05, 3.63) is 11.9 Å². The Hall–Kier alpha value is -1.32. The number of hydrogen-bond donors (Lipinski definition) is 1. The van der Waals surface area contributed by atoms with Gasteiger partial charge in [-0.05, 0) is 6.42 Å². The minimum atomic E-state index is 0.393. The van der Waals surface area contributed by atoms with Gasteiger partial charge in [-0.2, -0.15) is 5.10 Å². The Kier molecular flexibility index (Phi) is 2.04. The van der Waals surface area contributed by atoms with Crippen molar-refractivity contribution < 1.29 is 9.53 Å². The molecule has 0 bridgehead atoms. The van der Waals surface area contributed by atoms with Crippen LogP contribution < -0.4 is 4.74 Å². The van der Waals surface area contributed by atoms with Crippen LogP contribution in [0.3, 0.4) is 0 Å². The van der Waals surface area contributed by atoms with Crippen molar-refractivity contribution in [3.8, 4) is 5.75 Å². The molecule has 0 radical (unpaired) electrons. The Morgan fingerprint density at radius 2 is 2.70 bits per heavy atom. The second-order valence-corrected chi connectivity index (χ2v) is 1.76. The van der Waals surface area contributed by atoms with Crippen LogP contribution in [0.25, 0.3) is 0 Å². The zero-order chi connectivity index (χ0) is 7.40. The highest BCUT2D eigenvalue weighted by Crippen LogP contribution is 2.13. The van der Waals surface area contributed by atoms with E-state index in [2.05, 4.69) is 14.9 Å². The molecule has 1 aromatic heterocycles. The summed E-state index contributed by atoms with van der Waals surface area (Å²) in [6.45, 7) is 2.33. The summed E-state index contributed by atoms with van der Waals surface area (Å²) in [6, 6.07) is 0. The second kappa shape index (κ2) is 3.00. The first-order chi connectivity index (χ1) is 4.88. The maximum absolute atomic E-state index is 9.88. The number of carbonyl (C=O) groups is 1. The molecule has 1 heterocycles. The van der Waals surface area contributed by atoms with E-state index in [9.17, 15) is 4.79 Å². The van der Waals surface area contributed by atoms with Gasteiger partial charge in [-0.25, -0.2) is 0 Å². The van der Waals surface area contributed by atoms with Crippen molar-refractivity contribution in [2.75, 3.05) is 0 Å². The molecule has 0 aliphatic heterocycles. The van der Waals surface area contributed by atoms with Crippen LogP contribution in [0.15, 0.2) is 6.20 Å². The fraction of sp³-hybridized carbons (Fsp3) is 0.333. The van der Waals surface area contributed by atoms with Gasteiger partial charge in [-0.15, -0.1) is 0 Å². The minimum Gasteiger partial charge on any atom is -0.425 e. The lowest BCUT2D eigenvalue weighted by atomic mass is 10.3. The zero-order valence-corrected chi connectivity index (χ0v) is 5.63. The van der Waals surface area contributed by atoms with Gasteiger partial charge in [0.25, 0.3) is 6.47 Å². The van der Waals surface area contributed by atoms with Crippen LogP contribution >= 0.6 is 0 Å². The van der Waals surface area contributed by atoms with E-state index in [-0.39, 0.29) is 0 Å². The molecule has 1 N–H and O–H groups in total. The van der Waals surface area contributed by atoms with Crippen molar-refractivity contribution in [2.45, 2.75) is 13.3 Å². The highest BCUT2D eigenvalue weighted by molar-refractivity contribution is 5.45. The standard InChI is InChI=1S/C6H8N2O2/c1-2-5-6(10-4-9)3-7-8-5/h3-4H,2H2,1H3,(H,7,8). The Labute approximate surface area is 58.2 Å². The summed E-state index contributed by atoms with van der Waals surface area (Å²) in [7, 11) is 0. The van der Waals surface area contributed by atoms with Crippen molar-refractivity contribution in [1.29, 1.82) is 0 Å². The first-order valence-corrected chi connectivity index (χ1v) is 3.01. The molecule has 0 spiro atoms. The van der Waals surface area contributed by atoms with E-state index in [1.54, 1.807) is 6.20 Å². The summed E-state index contributed by atoms with van der Waals surface area (Å²) in [4.78, 5) is 9.88. The van der Waals surface area contributed by atoms with Crippen LogP contribution in [0.5, 0.6) is 5.75 Å². The molecule has 4 nitrogen and oxygen atoms in total. The first-order valence-electron chi connectivity index (χ1n) is 3.01. The average Bonchev–Trinajstić information content (AvgIpc) is 2.36. The SMILES string of the molecule is CCc1n[nH]cc1OC=O. The molecule has 0 aromatic carbocycles. The predicted octanol–water partition coefficient (Wildman–Crippen LogP) is 0.507. The Balaban J connectivity index is 2.79. The van der Waals surface area contributed by atoms with Gasteiger partial charge < -0.3 is 4.74 Å². The summed E-state index contributed by atoms with van der Waals surface area (Å²) >= 11 is 0. The number of rotatable bonds is 3. The first kappa shape index (κ1) is 6.80. The molecule has 4 heteroatoms. The molecule has 10 heavy (non-hydrogen) atoms. The molecule has 0 saturated carbocycles. The van der Waals surface area contributed by atoms with Crippen LogP contribution in [-0.2, 0) is 11.2 Å². The number of aromatic nitrogens is 2. The smallest absolute Gasteiger partial charge is 0.298 e. The van der Waals surface area contributed by atoms with E-state index in [1.165, 1.54) is 0 Å². The third-order valence-corrected chi connectivity index (χ3v) is 1.19. The molecule has 1 rings (SSSR count). The van der Waals surface area contributed by atoms with Crippen LogP contribution in [0.2, 0.25) is 0 Å². The number of ether oxygens (including phenoxy) is 1. The van der Waals surface area contributed by atoms with Gasteiger partial charge in [0, 0.05) is 0 Å². The topological polar surface area (TPSA) is 55.0 Å². The van der Waals surface area contributed by atoms with Gasteiger partial charge in [-0.1, -0.05) is 6.92 Å². The molecule has 54 valence electrons. The van der Waals surface area contributed by atoms with Crippen molar-refractivity contribution in [2.24, 2.45) is 0 Å². The number of aromatic amines is 1. The maximum atomic E-state index is 9.88. The lowest BCUT2D eigenvalue weighted by molar-refractivity contribution is -0.120. The predicted molar refractivity (Wildman–Crippen MR) is 34.7 cm³/mol. The number of carbonyl (C=O) groups excluding carboxylic acids is 1. The Morgan fingerprint density at radius 1 is 1.90 bits per heavy atom. The van der Waals surface area contributed by atoms with Gasteiger partial charge in [0.2, 0.25) is 0 Å². The van der Waals surface area contributed by atoms with Crippen molar-refractivity contribution in [1.82, 2.24) is 10.2 Å². The van der Waals surface area contributed by atoms with Gasteiger partial charge in [0.15, 0.2) is 5.75 Å². The quantitative estimate of drug-likeness (QED) is 0.622. The lowest BCUT2D eigenvalue weighted by Crippen LogP contribution is -1.90. The van der Waals surface area contributed by atoms with E-state index in [0.717, 1.165) is 12.1 Å². The number of nitrogens with zero attached hydrogens (tertiary/aromatic N) is 1. The Bertz CT molecular complexity index is 219. The summed E-state index contributed by atoms with van der Waals surface area (Å²) in [6.07, 6.45) is 2.31. The summed E-state index contributed by atoms with van der Waals surface area (Å²) in [5.41, 5.74) is 0.770. The highest BCUT2D eigenvalue weighted by atomic mass is 16.5. The van der Waals surface area contributed by atoms with E-state index in [0.29, 0.717) is 12.2 Å². The van der Waals surface area contributed by atoms with E-state index in [4.69, 9.17) is 0 Å². The molecule has 0 fully saturated rings. The molecule has 0 saturated heterocycles. The molecule has 0 aliphatic carbocycles. The maximum Gasteiger partial charge on any atom is 0.298 e. The van der Waals surface area contributed by atoms with Crippen molar-refractivity contribution >= 4 is 6.47 Å². The second-order valence-electron chi connectivity index (χ2n) is 1.76. The fourth-order valence-corrected chi connectivity index (χ4v) is 0.714. The molecule has 0 aliphatic rings. The fourth-order valence-electron chi connectivity index (χ4n) is 0.714. The van der Waals surface area contributed by atoms with Gasteiger partial charge in [0.05, 0.1) is 6.20 Å². The lowest BCUT2D eigenvalue weighted by Gasteiger charge is -1.92. The number of H-pyrrole nitrogens is 1. The third kappa shape index (κ3) is 1.15. The third-order valence-electron chi connectivity index (χ3n) is 1.19. The minimum absolute atomic E-state index is 0.393. The van der Waals surface area contributed by atoms with Gasteiger partial charge in [-0.3, -0.25) is 9.89 Å². The van der Waals surface area contributed by atoms with E-state index in [1.807, 2.05) is 6.92 Å². The van der Waals surface area contributed by atoms with Gasteiger partial charge in [0.1, 0.15) is 5.69 Å². The molecular formula is C6H8N2O2. The van der Waals surface area contributed by atoms with E-state index >= 15 is 0 Å². The largest absolute Gasteiger partial charge is 0.425 e. The van der Waals surface area contributed by atoms with Crippen LogP contribution in [0.1, 0.15) is 12.6 Å². The highest BCUT2D eigenvalue weighted by Gasteiger charge is 2.02.